The quantitative estimate of drug-likeness (QED) is 0.322. The smallest absolute Gasteiger partial charge is 0.143 e. The lowest BCUT2D eigenvalue weighted by Crippen LogP contribution is -2.22. The summed E-state index contributed by atoms with van der Waals surface area (Å²) in [6.07, 6.45) is 5.95. The summed E-state index contributed by atoms with van der Waals surface area (Å²) in [5.74, 6) is 0.172. The van der Waals surface area contributed by atoms with Gasteiger partial charge in [-0.25, -0.2) is 9.37 Å². The van der Waals surface area contributed by atoms with E-state index < -0.39 is 8.07 Å². The third-order valence-electron chi connectivity index (χ3n) is 5.38. The highest BCUT2D eigenvalue weighted by molar-refractivity contribution is 6.76. The van der Waals surface area contributed by atoms with Crippen molar-refractivity contribution in [2.45, 2.75) is 45.3 Å². The van der Waals surface area contributed by atoms with Gasteiger partial charge < -0.3 is 18.8 Å². The topological polar surface area (TPSA) is 69.3 Å². The number of pyridine rings is 1. The van der Waals surface area contributed by atoms with Crippen molar-refractivity contribution in [1.82, 2.24) is 9.55 Å². The molecule has 0 unspecified atom stereocenters. The summed E-state index contributed by atoms with van der Waals surface area (Å²) in [5.41, 5.74) is 2.40. The minimum atomic E-state index is -1.17. The summed E-state index contributed by atoms with van der Waals surface area (Å²) in [4.78, 5) is 4.45. The molecule has 4 rings (SSSR count). The highest BCUT2D eigenvalue weighted by Gasteiger charge is 2.18. The van der Waals surface area contributed by atoms with Crippen LogP contribution in [0.2, 0.25) is 25.7 Å². The van der Waals surface area contributed by atoms with Crippen LogP contribution in [0.1, 0.15) is 18.4 Å². The Morgan fingerprint density at radius 2 is 1.94 bits per heavy atom. The number of hydrogen-bond donors (Lipinski definition) is 0. The number of nitrogens with zero attached hydrogens (tertiary/aromatic N) is 3. The van der Waals surface area contributed by atoms with Gasteiger partial charge >= 0.3 is 0 Å². The SMILES string of the molecule is C1CCOC1.COc1ccc(F)cc1-c1ccnc2c1c(C#N)cn2COCC[Si](C)(C)C. The van der Waals surface area contributed by atoms with Crippen molar-refractivity contribution in [2.75, 3.05) is 26.9 Å². The first-order chi connectivity index (χ1) is 15.8. The minimum absolute atomic E-state index is 0.319. The maximum Gasteiger partial charge on any atom is 0.143 e. The van der Waals surface area contributed by atoms with Crippen molar-refractivity contribution >= 4 is 19.1 Å². The van der Waals surface area contributed by atoms with E-state index >= 15 is 0 Å². The van der Waals surface area contributed by atoms with Gasteiger partial charge in [-0.2, -0.15) is 5.26 Å². The van der Waals surface area contributed by atoms with Crippen molar-refractivity contribution in [3.8, 4) is 22.9 Å². The number of halogens is 1. The monoisotopic (exact) mass is 469 g/mol. The molecule has 1 aliphatic rings. The van der Waals surface area contributed by atoms with Gasteiger partial charge in [0.1, 0.15) is 30.0 Å². The summed E-state index contributed by atoms with van der Waals surface area (Å²) in [5, 5.41) is 10.3. The third-order valence-corrected chi connectivity index (χ3v) is 7.09. The van der Waals surface area contributed by atoms with E-state index in [2.05, 4.69) is 30.7 Å². The molecule has 3 aromatic rings. The Hall–Kier alpha value is -2.73. The van der Waals surface area contributed by atoms with E-state index in [1.165, 1.54) is 32.1 Å². The van der Waals surface area contributed by atoms with Gasteiger partial charge in [-0.05, 0) is 48.7 Å². The van der Waals surface area contributed by atoms with Gasteiger partial charge in [-0.3, -0.25) is 0 Å². The van der Waals surface area contributed by atoms with Crippen molar-refractivity contribution < 1.29 is 18.6 Å². The molecule has 1 aromatic carbocycles. The van der Waals surface area contributed by atoms with E-state index in [-0.39, 0.29) is 5.82 Å². The molecule has 1 aliphatic heterocycles. The molecule has 6 nitrogen and oxygen atoms in total. The predicted molar refractivity (Wildman–Crippen MR) is 131 cm³/mol. The fourth-order valence-electron chi connectivity index (χ4n) is 3.57. The Morgan fingerprint density at radius 3 is 2.55 bits per heavy atom. The number of nitriles is 1. The summed E-state index contributed by atoms with van der Waals surface area (Å²) in [7, 11) is 0.368. The normalized spacial score (nSPS) is 13.5. The Morgan fingerprint density at radius 1 is 1.18 bits per heavy atom. The molecular weight excluding hydrogens is 437 g/mol. The van der Waals surface area contributed by atoms with Gasteiger partial charge in [0.2, 0.25) is 0 Å². The lowest BCUT2D eigenvalue weighted by Gasteiger charge is -2.15. The maximum absolute atomic E-state index is 13.9. The van der Waals surface area contributed by atoms with Crippen LogP contribution in [0.4, 0.5) is 4.39 Å². The first-order valence-corrected chi connectivity index (χ1v) is 14.9. The van der Waals surface area contributed by atoms with Gasteiger partial charge in [0.15, 0.2) is 0 Å². The third kappa shape index (κ3) is 6.63. The highest BCUT2D eigenvalue weighted by atomic mass is 28.3. The molecule has 0 bridgehead atoms. The first-order valence-electron chi connectivity index (χ1n) is 11.2. The minimum Gasteiger partial charge on any atom is -0.496 e. The average molecular weight is 470 g/mol. The summed E-state index contributed by atoms with van der Waals surface area (Å²) in [6.45, 7) is 9.90. The molecule has 3 heterocycles. The lowest BCUT2D eigenvalue weighted by molar-refractivity contribution is 0.0898. The fraction of sp³-hybridized carbons (Fsp3) is 0.440. The van der Waals surface area contributed by atoms with Crippen LogP contribution in [0, 0.1) is 17.1 Å². The Bertz CT molecular complexity index is 1110. The largest absolute Gasteiger partial charge is 0.496 e. The van der Waals surface area contributed by atoms with E-state index in [0.29, 0.717) is 46.8 Å². The van der Waals surface area contributed by atoms with Crippen molar-refractivity contribution in [3.63, 3.8) is 0 Å². The highest BCUT2D eigenvalue weighted by Crippen LogP contribution is 2.37. The molecule has 0 saturated carbocycles. The van der Waals surface area contributed by atoms with Gasteiger partial charge in [-0.1, -0.05) is 19.6 Å². The van der Waals surface area contributed by atoms with Crippen LogP contribution in [0.15, 0.2) is 36.7 Å². The van der Waals surface area contributed by atoms with Crippen LogP contribution in [-0.4, -0.2) is 44.6 Å². The van der Waals surface area contributed by atoms with E-state index in [1.807, 2.05) is 4.57 Å². The number of benzene rings is 1. The van der Waals surface area contributed by atoms with Crippen LogP contribution in [0.25, 0.3) is 22.2 Å². The second-order valence-corrected chi connectivity index (χ2v) is 14.8. The predicted octanol–water partition coefficient (Wildman–Crippen LogP) is 5.83. The van der Waals surface area contributed by atoms with E-state index in [4.69, 9.17) is 14.2 Å². The summed E-state index contributed by atoms with van der Waals surface area (Å²) < 4.78 is 31.9. The number of fused-ring (bicyclic) bond motifs is 1. The molecule has 0 radical (unpaired) electrons. The molecule has 0 amide bonds. The van der Waals surface area contributed by atoms with Crippen LogP contribution in [0.3, 0.4) is 0 Å². The van der Waals surface area contributed by atoms with Crippen molar-refractivity contribution in [2.24, 2.45) is 0 Å². The van der Waals surface area contributed by atoms with Crippen LogP contribution < -0.4 is 4.74 Å². The second-order valence-electron chi connectivity index (χ2n) is 9.19. The lowest BCUT2D eigenvalue weighted by atomic mass is 10.0. The summed E-state index contributed by atoms with van der Waals surface area (Å²) >= 11 is 0. The molecule has 33 heavy (non-hydrogen) atoms. The van der Waals surface area contributed by atoms with Gasteiger partial charge in [0, 0.05) is 51.2 Å². The van der Waals surface area contributed by atoms with Gasteiger partial charge in [0.25, 0.3) is 0 Å². The van der Waals surface area contributed by atoms with Gasteiger partial charge in [-0.15, -0.1) is 0 Å². The molecule has 2 aromatic heterocycles. The zero-order valence-electron chi connectivity index (χ0n) is 19.9. The molecular formula is C25H32FN3O3Si. The molecule has 0 spiro atoms. The van der Waals surface area contributed by atoms with E-state index in [1.54, 1.807) is 24.5 Å². The van der Waals surface area contributed by atoms with Crippen LogP contribution in [0.5, 0.6) is 5.75 Å². The number of hydrogen-bond acceptors (Lipinski definition) is 5. The number of aromatic nitrogens is 2. The van der Waals surface area contributed by atoms with Crippen molar-refractivity contribution in [1.29, 1.82) is 5.26 Å². The second kappa shape index (κ2) is 11.4. The van der Waals surface area contributed by atoms with Crippen molar-refractivity contribution in [3.05, 3.63) is 48.0 Å². The molecule has 1 fully saturated rings. The number of methoxy groups -OCH3 is 1. The molecule has 8 heteroatoms. The molecule has 0 aliphatic carbocycles. The molecule has 0 atom stereocenters. The van der Waals surface area contributed by atoms with Gasteiger partial charge in [0.05, 0.1) is 12.7 Å². The number of ether oxygens (including phenoxy) is 3. The maximum atomic E-state index is 13.9. The Balaban J connectivity index is 0.000000541. The molecule has 0 N–H and O–H groups in total. The van der Waals surface area contributed by atoms with E-state index in [0.717, 1.165) is 19.3 Å². The van der Waals surface area contributed by atoms with E-state index in [9.17, 15) is 9.65 Å². The Kier molecular flexibility index (Phi) is 8.61. The van der Waals surface area contributed by atoms with Crippen LogP contribution >= 0.6 is 0 Å². The number of rotatable bonds is 7. The fourth-order valence-corrected chi connectivity index (χ4v) is 4.32. The van der Waals surface area contributed by atoms with Crippen LogP contribution in [-0.2, 0) is 16.2 Å². The Labute approximate surface area is 195 Å². The standard InChI is InChI=1S/C21H24FN3O2Si.C4H8O/c1-26-19-6-5-16(22)11-18(19)17-7-8-24-21-20(17)15(12-23)13-25(21)14-27-9-10-28(2,3)4;1-2-4-5-3-1/h5-8,11,13H,9-10,14H2,1-4H3;1-4H2. The average Bonchev–Trinajstić information content (AvgIpc) is 3.48. The zero-order chi connectivity index (χ0) is 23.8. The first kappa shape index (κ1) is 24.9. The zero-order valence-corrected chi connectivity index (χ0v) is 20.9. The molecule has 176 valence electrons. The molecule has 1 saturated heterocycles. The summed E-state index contributed by atoms with van der Waals surface area (Å²) in [6, 6.07) is 9.41.